The van der Waals surface area contributed by atoms with E-state index in [4.69, 9.17) is 0 Å². The van der Waals surface area contributed by atoms with Gasteiger partial charge in [-0.1, -0.05) is 48.5 Å². The molecule has 1 amide bonds. The first-order valence-corrected chi connectivity index (χ1v) is 13.2. The molecular formula is C25H27N5O3S. The maximum absolute atomic E-state index is 12.7. The molecule has 0 atom stereocenters. The van der Waals surface area contributed by atoms with E-state index in [0.717, 1.165) is 35.3 Å². The summed E-state index contributed by atoms with van der Waals surface area (Å²) >= 11 is 0. The van der Waals surface area contributed by atoms with Crippen LogP contribution in [0.2, 0.25) is 0 Å². The van der Waals surface area contributed by atoms with E-state index in [1.807, 2.05) is 60.7 Å². The van der Waals surface area contributed by atoms with Crippen molar-refractivity contribution in [1.29, 1.82) is 0 Å². The average molecular weight is 478 g/mol. The number of piperidine rings is 1. The van der Waals surface area contributed by atoms with Crippen molar-refractivity contribution < 1.29 is 13.2 Å². The normalized spacial score (nSPS) is 17.5. The van der Waals surface area contributed by atoms with Crippen molar-refractivity contribution in [2.45, 2.75) is 18.3 Å². The third-order valence-corrected chi connectivity index (χ3v) is 7.87. The molecule has 176 valence electrons. The number of carbonyl (C=O) groups is 1. The van der Waals surface area contributed by atoms with Crippen LogP contribution in [0, 0.1) is 0 Å². The van der Waals surface area contributed by atoms with Crippen LogP contribution in [0.5, 0.6) is 0 Å². The van der Waals surface area contributed by atoms with Gasteiger partial charge in [-0.3, -0.25) is 19.3 Å². The Morgan fingerprint density at radius 2 is 1.74 bits per heavy atom. The minimum atomic E-state index is -3.34. The molecule has 1 saturated heterocycles. The number of nitrogens with one attached hydrogen (secondary N) is 1. The molecule has 2 aliphatic rings. The van der Waals surface area contributed by atoms with Gasteiger partial charge in [-0.25, -0.2) is 18.4 Å². The fourth-order valence-corrected chi connectivity index (χ4v) is 6.00. The molecule has 1 N–H and O–H groups in total. The number of likely N-dealkylation sites (tertiary alicyclic amines) is 1. The average Bonchev–Trinajstić information content (AvgIpc) is 3.16. The number of para-hydroxylation sites is 1. The Morgan fingerprint density at radius 3 is 2.47 bits per heavy atom. The Bertz CT molecular complexity index is 1300. The first kappa shape index (κ1) is 22.5. The summed E-state index contributed by atoms with van der Waals surface area (Å²) in [5, 5.41) is 2.81. The third kappa shape index (κ3) is 4.41. The van der Waals surface area contributed by atoms with Gasteiger partial charge in [-0.15, -0.1) is 0 Å². The smallest absolute Gasteiger partial charge is 0.240 e. The zero-order valence-corrected chi connectivity index (χ0v) is 19.8. The summed E-state index contributed by atoms with van der Waals surface area (Å²) in [4.78, 5) is 23.5. The zero-order chi connectivity index (χ0) is 23.8. The van der Waals surface area contributed by atoms with Crippen molar-refractivity contribution in [3.8, 4) is 11.3 Å². The number of benzene rings is 2. The number of carbonyl (C=O) groups excluding carboxylic acids is 1. The third-order valence-electron chi connectivity index (χ3n) is 6.75. The lowest BCUT2D eigenvalue weighted by Gasteiger charge is -2.39. The highest BCUT2D eigenvalue weighted by molar-refractivity contribution is 7.92. The number of hydrogen-bond acceptors (Lipinski definition) is 6. The molecule has 2 aromatic carbocycles. The molecule has 3 heterocycles. The number of aromatic nitrogens is 2. The molecule has 1 aromatic heterocycles. The number of fused-ring (bicyclic) bond motifs is 2. The Hall–Kier alpha value is -3.30. The van der Waals surface area contributed by atoms with Gasteiger partial charge in [0.15, 0.2) is 0 Å². The van der Waals surface area contributed by atoms with Crippen LogP contribution < -0.4 is 9.62 Å². The van der Waals surface area contributed by atoms with E-state index in [1.165, 1.54) is 10.6 Å². The topological polar surface area (TPSA) is 95.5 Å². The molecule has 34 heavy (non-hydrogen) atoms. The van der Waals surface area contributed by atoms with Crippen molar-refractivity contribution in [2.24, 2.45) is 0 Å². The number of anilines is 2. The fourth-order valence-electron chi connectivity index (χ4n) is 5.00. The Morgan fingerprint density at radius 1 is 1.03 bits per heavy atom. The molecule has 2 aliphatic heterocycles. The van der Waals surface area contributed by atoms with E-state index in [-0.39, 0.29) is 23.8 Å². The molecule has 0 saturated carbocycles. The van der Waals surface area contributed by atoms with Crippen molar-refractivity contribution in [1.82, 2.24) is 14.9 Å². The number of sulfonamides is 1. The standard InChI is InChI=1S/C25H27N5O3S/c1-34(32,33)30-18-25(20-9-5-6-10-22(20)30)12-15-29(16-13-25)17-23(31)28-24-26-14-11-21(27-24)19-7-3-2-4-8-19/h2-11,14H,12-13,15-18H2,1H3,(H,26,27,28,31). The summed E-state index contributed by atoms with van der Waals surface area (Å²) < 4.78 is 26.3. The Labute approximate surface area is 199 Å². The quantitative estimate of drug-likeness (QED) is 0.607. The Kier molecular flexibility index (Phi) is 5.83. The van der Waals surface area contributed by atoms with Gasteiger partial charge in [0.1, 0.15) is 0 Å². The van der Waals surface area contributed by atoms with E-state index in [1.54, 1.807) is 6.20 Å². The largest absolute Gasteiger partial charge is 0.294 e. The predicted octanol–water partition coefficient (Wildman–Crippen LogP) is 2.90. The predicted molar refractivity (Wildman–Crippen MR) is 132 cm³/mol. The fraction of sp³-hybridized carbons (Fsp3) is 0.320. The van der Waals surface area contributed by atoms with Crippen LogP contribution in [0.3, 0.4) is 0 Å². The summed E-state index contributed by atoms with van der Waals surface area (Å²) in [5.74, 6) is 0.124. The second-order valence-electron chi connectivity index (χ2n) is 9.02. The minimum Gasteiger partial charge on any atom is -0.294 e. The van der Waals surface area contributed by atoms with Gasteiger partial charge in [-0.05, 0) is 43.6 Å². The van der Waals surface area contributed by atoms with Crippen molar-refractivity contribution in [2.75, 3.05) is 42.1 Å². The monoisotopic (exact) mass is 477 g/mol. The number of nitrogens with zero attached hydrogens (tertiary/aromatic N) is 4. The molecule has 9 heteroatoms. The Balaban J connectivity index is 1.22. The van der Waals surface area contributed by atoms with E-state index in [0.29, 0.717) is 19.6 Å². The van der Waals surface area contributed by atoms with Gasteiger partial charge in [0, 0.05) is 23.7 Å². The van der Waals surface area contributed by atoms with Crippen molar-refractivity contribution in [3.05, 3.63) is 72.4 Å². The summed E-state index contributed by atoms with van der Waals surface area (Å²) in [5.41, 5.74) is 3.38. The molecule has 1 fully saturated rings. The molecule has 0 unspecified atom stereocenters. The minimum absolute atomic E-state index is 0.161. The number of amides is 1. The molecule has 0 bridgehead atoms. The second-order valence-corrected chi connectivity index (χ2v) is 10.9. The van der Waals surface area contributed by atoms with Crippen molar-refractivity contribution in [3.63, 3.8) is 0 Å². The van der Waals surface area contributed by atoms with Gasteiger partial charge in [0.05, 0.1) is 24.2 Å². The highest BCUT2D eigenvalue weighted by Crippen LogP contribution is 2.47. The lowest BCUT2D eigenvalue weighted by molar-refractivity contribution is -0.117. The highest BCUT2D eigenvalue weighted by atomic mass is 32.2. The van der Waals surface area contributed by atoms with E-state index < -0.39 is 10.0 Å². The molecular weight excluding hydrogens is 450 g/mol. The summed E-state index contributed by atoms with van der Waals surface area (Å²) in [6.07, 6.45) is 4.49. The van der Waals surface area contributed by atoms with Crippen LogP contribution in [0.15, 0.2) is 66.9 Å². The second kappa shape index (κ2) is 8.81. The SMILES string of the molecule is CS(=O)(=O)N1CC2(CCN(CC(=O)Nc3nccc(-c4ccccc4)n3)CC2)c2ccccc21. The van der Waals surface area contributed by atoms with E-state index in [9.17, 15) is 13.2 Å². The molecule has 3 aromatic rings. The lowest BCUT2D eigenvalue weighted by atomic mass is 9.74. The molecule has 5 rings (SSSR count). The zero-order valence-electron chi connectivity index (χ0n) is 19.0. The first-order chi connectivity index (χ1) is 16.3. The highest BCUT2D eigenvalue weighted by Gasteiger charge is 2.46. The maximum atomic E-state index is 12.7. The van der Waals surface area contributed by atoms with Crippen LogP contribution in [0.1, 0.15) is 18.4 Å². The van der Waals surface area contributed by atoms with Gasteiger partial charge >= 0.3 is 0 Å². The molecule has 1 spiro atoms. The van der Waals surface area contributed by atoms with E-state index >= 15 is 0 Å². The van der Waals surface area contributed by atoms with Crippen LogP contribution in [-0.4, -0.2) is 61.6 Å². The summed E-state index contributed by atoms with van der Waals surface area (Å²) in [7, 11) is -3.34. The first-order valence-electron chi connectivity index (χ1n) is 11.3. The van der Waals surface area contributed by atoms with Crippen LogP contribution in [0.25, 0.3) is 11.3 Å². The maximum Gasteiger partial charge on any atom is 0.240 e. The van der Waals surface area contributed by atoms with E-state index in [2.05, 4.69) is 20.2 Å². The number of rotatable bonds is 5. The summed E-state index contributed by atoms with van der Waals surface area (Å²) in [6.45, 7) is 2.13. The van der Waals surface area contributed by atoms with Gasteiger partial charge in [-0.2, -0.15) is 0 Å². The summed E-state index contributed by atoms with van der Waals surface area (Å²) in [6, 6.07) is 19.3. The van der Waals surface area contributed by atoms with Crippen LogP contribution >= 0.6 is 0 Å². The van der Waals surface area contributed by atoms with Crippen LogP contribution in [-0.2, 0) is 20.2 Å². The van der Waals surface area contributed by atoms with Gasteiger partial charge < -0.3 is 0 Å². The molecule has 8 nitrogen and oxygen atoms in total. The molecule has 0 radical (unpaired) electrons. The van der Waals surface area contributed by atoms with Gasteiger partial charge in [0.2, 0.25) is 21.9 Å². The molecule has 0 aliphatic carbocycles. The van der Waals surface area contributed by atoms with Crippen molar-refractivity contribution >= 4 is 27.6 Å². The van der Waals surface area contributed by atoms with Gasteiger partial charge in [0.25, 0.3) is 0 Å². The van der Waals surface area contributed by atoms with Crippen LogP contribution in [0.4, 0.5) is 11.6 Å². The number of hydrogen-bond donors (Lipinski definition) is 1. The lowest BCUT2D eigenvalue weighted by Crippen LogP contribution is -2.47.